The van der Waals surface area contributed by atoms with Crippen LogP contribution in [0.4, 0.5) is 5.69 Å². The van der Waals surface area contributed by atoms with Crippen LogP contribution in [0.1, 0.15) is 19.8 Å². The molecule has 0 aromatic carbocycles. The molecule has 2 rings (SSSR count). The predicted molar refractivity (Wildman–Crippen MR) is 75.1 cm³/mol. The fourth-order valence-corrected chi connectivity index (χ4v) is 1.91. The Morgan fingerprint density at radius 2 is 2.10 bits per heavy atom. The highest BCUT2D eigenvalue weighted by Crippen LogP contribution is 2.37. The normalized spacial score (nSPS) is 19.7. The minimum atomic E-state index is -0.333. The van der Waals surface area contributed by atoms with Gasteiger partial charge in [-0.25, -0.2) is 0 Å². The molecule has 1 saturated carbocycles. The van der Waals surface area contributed by atoms with Crippen LogP contribution in [0, 0.1) is 11.8 Å². The van der Waals surface area contributed by atoms with E-state index in [1.807, 2.05) is 6.92 Å². The fraction of sp³-hybridized carbons (Fsp3) is 0.538. The van der Waals surface area contributed by atoms with Crippen molar-refractivity contribution in [3.05, 3.63) is 12.4 Å². The van der Waals surface area contributed by atoms with Crippen LogP contribution in [0.5, 0.6) is 0 Å². The molecule has 21 heavy (non-hydrogen) atoms. The number of anilines is 1. The molecule has 114 valence electrons. The van der Waals surface area contributed by atoms with Crippen LogP contribution in [0.25, 0.3) is 0 Å². The first-order valence-corrected chi connectivity index (χ1v) is 6.89. The molecule has 2 atom stereocenters. The van der Waals surface area contributed by atoms with Crippen LogP contribution in [0.15, 0.2) is 12.4 Å². The van der Waals surface area contributed by atoms with Gasteiger partial charge in [-0.2, -0.15) is 5.10 Å². The minimum Gasteiger partial charge on any atom is -0.355 e. The Morgan fingerprint density at radius 1 is 1.33 bits per heavy atom. The quantitative estimate of drug-likeness (QED) is 0.548. The Balaban J connectivity index is 1.55. The Morgan fingerprint density at radius 3 is 2.71 bits per heavy atom. The van der Waals surface area contributed by atoms with Crippen LogP contribution in [-0.4, -0.2) is 41.0 Å². The summed E-state index contributed by atoms with van der Waals surface area (Å²) >= 11 is 0. The van der Waals surface area contributed by atoms with E-state index in [0.29, 0.717) is 11.6 Å². The van der Waals surface area contributed by atoms with Gasteiger partial charge in [-0.3, -0.25) is 19.5 Å². The van der Waals surface area contributed by atoms with Crippen molar-refractivity contribution in [2.24, 2.45) is 11.8 Å². The Labute approximate surface area is 122 Å². The van der Waals surface area contributed by atoms with Gasteiger partial charge in [-0.15, -0.1) is 0 Å². The van der Waals surface area contributed by atoms with E-state index in [-0.39, 0.29) is 43.1 Å². The summed E-state index contributed by atoms with van der Waals surface area (Å²) in [5, 5.41) is 14.0. The molecule has 4 N–H and O–H groups in total. The van der Waals surface area contributed by atoms with Crippen LogP contribution in [0.3, 0.4) is 0 Å². The zero-order chi connectivity index (χ0) is 15.2. The van der Waals surface area contributed by atoms with E-state index >= 15 is 0 Å². The molecule has 0 saturated heterocycles. The summed E-state index contributed by atoms with van der Waals surface area (Å²) in [6.45, 7) is 2.20. The van der Waals surface area contributed by atoms with E-state index in [1.165, 1.54) is 12.4 Å². The lowest BCUT2D eigenvalue weighted by Crippen LogP contribution is -2.35. The average Bonchev–Trinajstić information content (AvgIpc) is 2.96. The standard InChI is InChI=1S/C13H19N5O3/c1-8-4-10(8)13(21)14-3-2-11(19)15-7-12(20)18-9-5-16-17-6-9/h5-6,8,10H,2-4,7H2,1H3,(H,14,21)(H,15,19)(H,16,17)(H,18,20)/t8-,10+/m1/s1. The molecule has 0 bridgehead atoms. The van der Waals surface area contributed by atoms with Crippen molar-refractivity contribution in [3.63, 3.8) is 0 Å². The number of nitrogens with one attached hydrogen (secondary N) is 4. The van der Waals surface area contributed by atoms with E-state index < -0.39 is 0 Å². The summed E-state index contributed by atoms with van der Waals surface area (Å²) in [5.41, 5.74) is 0.542. The molecule has 0 aliphatic heterocycles. The van der Waals surface area contributed by atoms with Gasteiger partial charge in [0.1, 0.15) is 0 Å². The molecule has 8 nitrogen and oxygen atoms in total. The topological polar surface area (TPSA) is 116 Å². The molecule has 0 radical (unpaired) electrons. The fourth-order valence-electron chi connectivity index (χ4n) is 1.91. The van der Waals surface area contributed by atoms with Gasteiger partial charge in [0.2, 0.25) is 17.7 Å². The first kappa shape index (κ1) is 15.0. The highest BCUT2D eigenvalue weighted by atomic mass is 16.2. The van der Waals surface area contributed by atoms with Gasteiger partial charge in [0.15, 0.2) is 0 Å². The van der Waals surface area contributed by atoms with Gasteiger partial charge in [0, 0.05) is 25.1 Å². The first-order valence-electron chi connectivity index (χ1n) is 6.89. The number of aromatic nitrogens is 2. The predicted octanol–water partition coefficient (Wildman–Crippen LogP) is -0.373. The second-order valence-electron chi connectivity index (χ2n) is 5.17. The zero-order valence-electron chi connectivity index (χ0n) is 11.8. The molecule has 1 aromatic rings. The smallest absolute Gasteiger partial charge is 0.243 e. The van der Waals surface area contributed by atoms with E-state index in [1.54, 1.807) is 0 Å². The van der Waals surface area contributed by atoms with E-state index in [4.69, 9.17) is 0 Å². The van der Waals surface area contributed by atoms with Gasteiger partial charge in [-0.1, -0.05) is 6.92 Å². The summed E-state index contributed by atoms with van der Waals surface area (Å²) < 4.78 is 0. The van der Waals surface area contributed by atoms with E-state index in [2.05, 4.69) is 26.1 Å². The Hall–Kier alpha value is -2.38. The summed E-state index contributed by atoms with van der Waals surface area (Å²) in [7, 11) is 0. The summed E-state index contributed by atoms with van der Waals surface area (Å²) in [5.74, 6) is -0.0469. The molecule has 1 aromatic heterocycles. The summed E-state index contributed by atoms with van der Waals surface area (Å²) in [6.07, 6.45) is 4.08. The van der Waals surface area contributed by atoms with Gasteiger partial charge >= 0.3 is 0 Å². The van der Waals surface area contributed by atoms with Crippen molar-refractivity contribution in [1.29, 1.82) is 0 Å². The third-order valence-electron chi connectivity index (χ3n) is 3.33. The second-order valence-corrected chi connectivity index (χ2v) is 5.17. The monoisotopic (exact) mass is 293 g/mol. The first-order chi connectivity index (χ1) is 10.1. The van der Waals surface area contributed by atoms with Crippen LogP contribution in [-0.2, 0) is 14.4 Å². The van der Waals surface area contributed by atoms with Crippen molar-refractivity contribution < 1.29 is 14.4 Å². The van der Waals surface area contributed by atoms with Crippen molar-refractivity contribution >= 4 is 23.4 Å². The number of H-pyrrole nitrogens is 1. The number of amides is 3. The highest BCUT2D eigenvalue weighted by Gasteiger charge is 2.38. The van der Waals surface area contributed by atoms with Crippen LogP contribution < -0.4 is 16.0 Å². The summed E-state index contributed by atoms with van der Waals surface area (Å²) in [6, 6.07) is 0. The molecule has 8 heteroatoms. The molecular formula is C13H19N5O3. The number of rotatable bonds is 7. The number of nitrogens with zero attached hydrogens (tertiary/aromatic N) is 1. The number of hydrogen-bond acceptors (Lipinski definition) is 4. The molecule has 1 fully saturated rings. The number of carbonyl (C=O) groups is 3. The lowest BCUT2D eigenvalue weighted by atomic mass is 10.3. The number of carbonyl (C=O) groups excluding carboxylic acids is 3. The van der Waals surface area contributed by atoms with Crippen LogP contribution in [0.2, 0.25) is 0 Å². The lowest BCUT2D eigenvalue weighted by Gasteiger charge is -2.06. The van der Waals surface area contributed by atoms with Gasteiger partial charge in [0.05, 0.1) is 18.4 Å². The number of aromatic amines is 1. The molecular weight excluding hydrogens is 274 g/mol. The van der Waals surface area contributed by atoms with Crippen LogP contribution >= 0.6 is 0 Å². The Kier molecular flexibility index (Phi) is 4.91. The zero-order valence-corrected chi connectivity index (χ0v) is 11.8. The van der Waals surface area contributed by atoms with E-state index in [0.717, 1.165) is 6.42 Å². The third kappa shape index (κ3) is 4.90. The maximum Gasteiger partial charge on any atom is 0.243 e. The van der Waals surface area contributed by atoms with E-state index in [9.17, 15) is 14.4 Å². The van der Waals surface area contributed by atoms with Crippen molar-refractivity contribution in [2.75, 3.05) is 18.4 Å². The molecule has 3 amide bonds. The van der Waals surface area contributed by atoms with Gasteiger partial charge in [-0.05, 0) is 12.3 Å². The SMILES string of the molecule is C[C@@H]1C[C@@H]1C(=O)NCCC(=O)NCC(=O)Nc1cn[nH]c1. The molecule has 1 aliphatic carbocycles. The second kappa shape index (κ2) is 6.87. The number of hydrogen-bond donors (Lipinski definition) is 4. The minimum absolute atomic E-state index is 0.00741. The van der Waals surface area contributed by atoms with Gasteiger partial charge < -0.3 is 16.0 Å². The highest BCUT2D eigenvalue weighted by molar-refractivity contribution is 5.94. The maximum atomic E-state index is 11.5. The average molecular weight is 293 g/mol. The maximum absolute atomic E-state index is 11.5. The summed E-state index contributed by atoms with van der Waals surface area (Å²) in [4.78, 5) is 34.5. The third-order valence-corrected chi connectivity index (χ3v) is 3.33. The largest absolute Gasteiger partial charge is 0.355 e. The van der Waals surface area contributed by atoms with Crippen molar-refractivity contribution in [1.82, 2.24) is 20.8 Å². The lowest BCUT2D eigenvalue weighted by molar-refractivity contribution is -0.125. The molecule has 1 heterocycles. The van der Waals surface area contributed by atoms with Gasteiger partial charge in [0.25, 0.3) is 0 Å². The molecule has 0 unspecified atom stereocenters. The Bertz CT molecular complexity index is 514. The van der Waals surface area contributed by atoms with Crippen molar-refractivity contribution in [2.45, 2.75) is 19.8 Å². The van der Waals surface area contributed by atoms with Crippen molar-refractivity contribution in [3.8, 4) is 0 Å². The molecule has 0 spiro atoms. The molecule has 1 aliphatic rings.